The number of hydrogen-bond donors (Lipinski definition) is 0. The smallest absolute Gasteiger partial charge is 0.243 e. The van der Waals surface area contributed by atoms with E-state index in [1.54, 1.807) is 0 Å². The van der Waals surface area contributed by atoms with Crippen LogP contribution in [0.2, 0.25) is 0 Å². The molecule has 0 unspecified atom stereocenters. The van der Waals surface area contributed by atoms with Gasteiger partial charge < -0.3 is 0 Å². The Bertz CT molecular complexity index is 292. The summed E-state index contributed by atoms with van der Waals surface area (Å²) < 4.78 is 2.28. The number of rotatable bonds is 16. The van der Waals surface area contributed by atoms with E-state index in [1.807, 2.05) is 0 Å². The maximum Gasteiger partial charge on any atom is 0.243 e. The van der Waals surface area contributed by atoms with Crippen molar-refractivity contribution in [2.45, 2.75) is 111 Å². The van der Waals surface area contributed by atoms with Crippen molar-refractivity contribution in [1.29, 1.82) is 0 Å². The highest BCUT2D eigenvalue weighted by Gasteiger charge is 2.14. The molecule has 2 heteroatoms. The Balaban J connectivity index is 3.87. The molecule has 0 atom stereocenters. The van der Waals surface area contributed by atoms with Crippen LogP contribution in [0.5, 0.6) is 0 Å². The fraction of sp³-hybridized carbons (Fsp3) is 0.955. The third-order valence-corrected chi connectivity index (χ3v) is 5.17. The van der Waals surface area contributed by atoms with E-state index in [9.17, 15) is 0 Å². The van der Waals surface area contributed by atoms with Gasteiger partial charge in [0.05, 0.1) is 27.2 Å². The van der Waals surface area contributed by atoms with E-state index in [0.29, 0.717) is 0 Å². The molecule has 0 aromatic rings. The maximum atomic E-state index is 2.62. The fourth-order valence-corrected chi connectivity index (χ4v) is 3.24. The molecule has 0 bridgehead atoms. The summed E-state index contributed by atoms with van der Waals surface area (Å²) in [6.45, 7) is 9.35. The van der Waals surface area contributed by atoms with Crippen LogP contribution in [-0.2, 0) is 0 Å². The van der Waals surface area contributed by atoms with Gasteiger partial charge in [0.2, 0.25) is 5.84 Å². The Labute approximate surface area is 153 Å². The predicted octanol–water partition coefficient (Wildman–Crippen LogP) is 6.48. The van der Waals surface area contributed by atoms with E-state index in [2.05, 4.69) is 44.3 Å². The summed E-state index contributed by atoms with van der Waals surface area (Å²) >= 11 is 0. The molecular weight excluding hydrogens is 292 g/mol. The van der Waals surface area contributed by atoms with Crippen molar-refractivity contribution < 1.29 is 4.58 Å². The fourth-order valence-electron chi connectivity index (χ4n) is 3.24. The van der Waals surface area contributed by atoms with Crippen LogP contribution in [0.15, 0.2) is 0 Å². The van der Waals surface area contributed by atoms with E-state index in [-0.39, 0.29) is 0 Å². The molecule has 0 aliphatic carbocycles. The molecule has 0 heterocycles. The van der Waals surface area contributed by atoms with Crippen LogP contribution in [-0.4, -0.2) is 42.5 Å². The average Bonchev–Trinajstić information content (AvgIpc) is 2.57. The molecule has 0 aliphatic rings. The maximum absolute atomic E-state index is 2.62. The van der Waals surface area contributed by atoms with Gasteiger partial charge in [-0.15, -0.1) is 0 Å². The molecule has 0 amide bonds. The van der Waals surface area contributed by atoms with Gasteiger partial charge >= 0.3 is 0 Å². The molecule has 0 N–H and O–H groups in total. The van der Waals surface area contributed by atoms with Gasteiger partial charge in [0.1, 0.15) is 0 Å². The molecule has 0 aromatic heterocycles. The molecule has 0 aliphatic heterocycles. The van der Waals surface area contributed by atoms with Crippen LogP contribution in [0.1, 0.15) is 111 Å². The summed E-state index contributed by atoms with van der Waals surface area (Å²) in [5.41, 5.74) is 0. The summed E-state index contributed by atoms with van der Waals surface area (Å²) in [5, 5.41) is 0. The third-order valence-electron chi connectivity index (χ3n) is 5.17. The third kappa shape index (κ3) is 13.9. The molecule has 0 spiro atoms. The second-order valence-electron chi connectivity index (χ2n) is 7.67. The van der Waals surface area contributed by atoms with Crippen LogP contribution in [0.25, 0.3) is 0 Å². The average molecular weight is 340 g/mol. The Kier molecular flexibility index (Phi) is 16.9. The summed E-state index contributed by atoms with van der Waals surface area (Å²) in [6, 6.07) is 0. The first-order chi connectivity index (χ1) is 11.6. The lowest BCUT2D eigenvalue weighted by Crippen LogP contribution is -2.35. The molecule has 0 fully saturated rings. The molecule has 0 rings (SSSR count). The minimum absolute atomic E-state index is 1.24. The normalized spacial score (nSPS) is 10.9. The van der Waals surface area contributed by atoms with Crippen LogP contribution in [0, 0.1) is 0 Å². The lowest BCUT2D eigenvalue weighted by molar-refractivity contribution is -0.470. The van der Waals surface area contributed by atoms with Crippen molar-refractivity contribution in [3.8, 4) is 0 Å². The van der Waals surface area contributed by atoms with E-state index in [1.165, 1.54) is 109 Å². The van der Waals surface area contributed by atoms with Crippen LogP contribution < -0.4 is 0 Å². The zero-order valence-electron chi connectivity index (χ0n) is 17.7. The number of hydrogen-bond acceptors (Lipinski definition) is 0. The summed E-state index contributed by atoms with van der Waals surface area (Å²) in [5.74, 6) is 1.44. The standard InChI is InChI=1S/C22H47N2/c1-6-8-10-12-14-15-17-19-21-24(22(3)23(4)5)20-18-16-13-11-9-7-2/h6-21H2,1-5H3/q+1. The molecule has 0 saturated carbocycles. The zero-order valence-corrected chi connectivity index (χ0v) is 17.7. The number of nitrogens with zero attached hydrogens (tertiary/aromatic N) is 2. The van der Waals surface area contributed by atoms with Gasteiger partial charge in [0.25, 0.3) is 0 Å². The largest absolute Gasteiger partial charge is 0.271 e. The minimum atomic E-state index is 1.24. The molecule has 0 saturated heterocycles. The SMILES string of the molecule is CCCCCCCCCCN(CCCCCCCC)C(C)=[N+](C)C. The first-order valence-corrected chi connectivity index (χ1v) is 10.9. The molecule has 24 heavy (non-hydrogen) atoms. The van der Waals surface area contributed by atoms with Crippen molar-refractivity contribution in [3.05, 3.63) is 0 Å². The van der Waals surface area contributed by atoms with Crippen molar-refractivity contribution in [2.75, 3.05) is 27.2 Å². The lowest BCUT2D eigenvalue weighted by Gasteiger charge is -2.19. The number of amidine groups is 1. The van der Waals surface area contributed by atoms with Crippen molar-refractivity contribution in [3.63, 3.8) is 0 Å². The van der Waals surface area contributed by atoms with Gasteiger partial charge in [-0.1, -0.05) is 78.1 Å². The van der Waals surface area contributed by atoms with Gasteiger partial charge in [-0.2, -0.15) is 0 Å². The van der Waals surface area contributed by atoms with Gasteiger partial charge in [-0.05, 0) is 25.7 Å². The van der Waals surface area contributed by atoms with E-state index < -0.39 is 0 Å². The van der Waals surface area contributed by atoms with Crippen LogP contribution in [0.3, 0.4) is 0 Å². The quantitative estimate of drug-likeness (QED) is 0.135. The second-order valence-corrected chi connectivity index (χ2v) is 7.67. The summed E-state index contributed by atoms with van der Waals surface area (Å²) in [6.07, 6.45) is 19.6. The Morgan fingerprint density at radius 1 is 0.583 bits per heavy atom. The van der Waals surface area contributed by atoms with Crippen molar-refractivity contribution in [1.82, 2.24) is 4.90 Å². The highest BCUT2D eigenvalue weighted by Crippen LogP contribution is 2.10. The predicted molar refractivity (Wildman–Crippen MR) is 110 cm³/mol. The van der Waals surface area contributed by atoms with Gasteiger partial charge in [-0.3, -0.25) is 9.48 Å². The molecule has 0 aromatic carbocycles. The summed E-state index contributed by atoms with van der Waals surface area (Å²) in [4.78, 5) is 2.62. The summed E-state index contributed by atoms with van der Waals surface area (Å²) in [7, 11) is 4.36. The number of unbranched alkanes of at least 4 members (excludes halogenated alkanes) is 12. The first kappa shape index (κ1) is 23.5. The highest BCUT2D eigenvalue weighted by molar-refractivity contribution is 5.74. The first-order valence-electron chi connectivity index (χ1n) is 10.9. The zero-order chi connectivity index (χ0) is 18.0. The molecule has 0 radical (unpaired) electrons. The van der Waals surface area contributed by atoms with Crippen LogP contribution in [0.4, 0.5) is 0 Å². The molecule has 2 nitrogen and oxygen atoms in total. The van der Waals surface area contributed by atoms with Crippen LogP contribution >= 0.6 is 0 Å². The molecule has 144 valence electrons. The molecular formula is C22H47N2+. The topological polar surface area (TPSA) is 6.25 Å². The Morgan fingerprint density at radius 3 is 1.25 bits per heavy atom. The monoisotopic (exact) mass is 339 g/mol. The lowest BCUT2D eigenvalue weighted by atomic mass is 10.1. The van der Waals surface area contributed by atoms with E-state index in [4.69, 9.17) is 0 Å². The Morgan fingerprint density at radius 2 is 0.917 bits per heavy atom. The van der Waals surface area contributed by atoms with Gasteiger partial charge in [0.15, 0.2) is 0 Å². The Hall–Kier alpha value is -0.530. The van der Waals surface area contributed by atoms with Gasteiger partial charge in [0, 0.05) is 6.92 Å². The highest BCUT2D eigenvalue weighted by atomic mass is 15.2. The van der Waals surface area contributed by atoms with Crippen molar-refractivity contribution in [2.24, 2.45) is 0 Å². The van der Waals surface area contributed by atoms with Gasteiger partial charge in [-0.25, -0.2) is 0 Å². The van der Waals surface area contributed by atoms with Crippen molar-refractivity contribution >= 4 is 5.84 Å². The van der Waals surface area contributed by atoms with E-state index >= 15 is 0 Å². The minimum Gasteiger partial charge on any atom is -0.271 e. The second kappa shape index (κ2) is 17.3. The van der Waals surface area contributed by atoms with E-state index in [0.717, 1.165) is 0 Å².